The average Bonchev–Trinajstić information content (AvgIpc) is 3.93. The molecule has 0 N–H and O–H groups in total. The minimum absolute atomic E-state index is 0.141. The summed E-state index contributed by atoms with van der Waals surface area (Å²) in [6, 6.07) is 76.4. The number of hydrogen-bond donors (Lipinski definition) is 0. The van der Waals surface area contributed by atoms with Gasteiger partial charge in [-0.3, -0.25) is 4.57 Å². The standard InChI is InChI=1S/C59H40N2/c1-58(2)48-29-15-12-27-42(48)46-36-53-47(35-52(46)58)44-33-34-45(43-28-18-32-51(54(43)44)59(53)49-30-16-13-25-40(49)41-26-14-17-31-50(41)59)57-60-55(37-19-6-3-7-20-37)56(38-21-8-4-9-22-38)61(57)39-23-10-5-11-24-39/h3-36H,1-2H3. The average molecular weight is 777 g/mol. The first kappa shape index (κ1) is 34.3. The summed E-state index contributed by atoms with van der Waals surface area (Å²) in [5.74, 6) is 0.921. The van der Waals surface area contributed by atoms with E-state index in [-0.39, 0.29) is 5.41 Å². The molecule has 3 aliphatic carbocycles. The van der Waals surface area contributed by atoms with E-state index in [1.54, 1.807) is 0 Å². The normalized spacial score (nSPS) is 14.3. The second-order valence-electron chi connectivity index (χ2n) is 17.4. The van der Waals surface area contributed by atoms with Crippen LogP contribution in [0.2, 0.25) is 0 Å². The summed E-state index contributed by atoms with van der Waals surface area (Å²) in [7, 11) is 0. The topological polar surface area (TPSA) is 17.8 Å². The van der Waals surface area contributed by atoms with Gasteiger partial charge in [0.25, 0.3) is 0 Å². The van der Waals surface area contributed by atoms with Crippen LogP contribution in [0.25, 0.3) is 83.7 Å². The molecule has 0 amide bonds. The smallest absolute Gasteiger partial charge is 0.146 e. The van der Waals surface area contributed by atoms with Gasteiger partial charge < -0.3 is 0 Å². The van der Waals surface area contributed by atoms with Crippen molar-refractivity contribution in [1.82, 2.24) is 9.55 Å². The van der Waals surface area contributed by atoms with Crippen molar-refractivity contribution in [3.8, 4) is 73.0 Å². The number of imidazole rings is 1. The second-order valence-corrected chi connectivity index (χ2v) is 17.4. The van der Waals surface area contributed by atoms with Gasteiger partial charge >= 0.3 is 0 Å². The molecule has 61 heavy (non-hydrogen) atoms. The highest BCUT2D eigenvalue weighted by Gasteiger charge is 2.51. The van der Waals surface area contributed by atoms with Gasteiger partial charge in [-0.05, 0) is 108 Å². The Morgan fingerprint density at radius 1 is 0.377 bits per heavy atom. The molecule has 1 heterocycles. The maximum absolute atomic E-state index is 5.71. The highest BCUT2D eigenvalue weighted by molar-refractivity contribution is 6.12. The fourth-order valence-electron chi connectivity index (χ4n) is 11.5. The maximum atomic E-state index is 5.71. The van der Waals surface area contributed by atoms with Gasteiger partial charge in [0.05, 0.1) is 16.8 Å². The van der Waals surface area contributed by atoms with Crippen LogP contribution in [-0.2, 0) is 10.8 Å². The predicted molar refractivity (Wildman–Crippen MR) is 251 cm³/mol. The van der Waals surface area contributed by atoms with Gasteiger partial charge in [-0.25, -0.2) is 4.98 Å². The summed E-state index contributed by atoms with van der Waals surface area (Å²) in [6.45, 7) is 4.79. The van der Waals surface area contributed by atoms with E-state index >= 15 is 0 Å². The van der Waals surface area contributed by atoms with Crippen LogP contribution in [0.5, 0.6) is 0 Å². The zero-order valence-electron chi connectivity index (χ0n) is 34.0. The number of aromatic nitrogens is 2. The van der Waals surface area contributed by atoms with E-state index in [1.165, 1.54) is 77.5 Å². The van der Waals surface area contributed by atoms with Crippen molar-refractivity contribution in [2.45, 2.75) is 24.7 Å². The summed E-state index contributed by atoms with van der Waals surface area (Å²) in [4.78, 5) is 5.71. The molecule has 0 bridgehead atoms. The van der Waals surface area contributed by atoms with Crippen LogP contribution in [0.1, 0.15) is 47.2 Å². The van der Waals surface area contributed by atoms with Crippen molar-refractivity contribution in [3.63, 3.8) is 0 Å². The Balaban J connectivity index is 1.18. The summed E-state index contributed by atoms with van der Waals surface area (Å²) in [5, 5.41) is 2.49. The number of rotatable bonds is 4. The van der Waals surface area contributed by atoms with Crippen molar-refractivity contribution in [2.24, 2.45) is 0 Å². The van der Waals surface area contributed by atoms with E-state index in [9.17, 15) is 0 Å². The van der Waals surface area contributed by atoms with Gasteiger partial charge in [0.2, 0.25) is 0 Å². The number of nitrogens with zero attached hydrogens (tertiary/aromatic N) is 2. The van der Waals surface area contributed by atoms with Gasteiger partial charge in [-0.15, -0.1) is 0 Å². The van der Waals surface area contributed by atoms with Crippen molar-refractivity contribution in [3.05, 3.63) is 240 Å². The highest BCUT2D eigenvalue weighted by atomic mass is 15.1. The van der Waals surface area contributed by atoms with Crippen LogP contribution in [0.4, 0.5) is 0 Å². The third-order valence-corrected chi connectivity index (χ3v) is 14.0. The maximum Gasteiger partial charge on any atom is 0.146 e. The van der Waals surface area contributed by atoms with Gasteiger partial charge in [-0.1, -0.05) is 190 Å². The molecule has 0 aliphatic heterocycles. The molecular formula is C59H40N2. The van der Waals surface area contributed by atoms with Crippen LogP contribution in [0.3, 0.4) is 0 Å². The van der Waals surface area contributed by atoms with Crippen molar-refractivity contribution in [1.29, 1.82) is 0 Å². The summed E-state index contributed by atoms with van der Waals surface area (Å²) < 4.78 is 2.39. The molecule has 10 aromatic rings. The van der Waals surface area contributed by atoms with Gasteiger partial charge in [0.1, 0.15) is 5.82 Å². The number of fused-ring (bicyclic) bond motifs is 12. The predicted octanol–water partition coefficient (Wildman–Crippen LogP) is 14.7. The zero-order valence-corrected chi connectivity index (χ0v) is 34.0. The molecule has 0 fully saturated rings. The van der Waals surface area contributed by atoms with Crippen molar-refractivity contribution < 1.29 is 0 Å². The van der Waals surface area contributed by atoms with Crippen LogP contribution >= 0.6 is 0 Å². The summed E-state index contributed by atoms with van der Waals surface area (Å²) in [5.41, 5.74) is 21.8. The van der Waals surface area contributed by atoms with Gasteiger partial charge in [0, 0.05) is 27.8 Å². The lowest BCUT2D eigenvalue weighted by molar-refractivity contribution is 0.659. The molecular weight excluding hydrogens is 737 g/mol. The summed E-state index contributed by atoms with van der Waals surface area (Å²) in [6.07, 6.45) is 0. The van der Waals surface area contributed by atoms with Crippen molar-refractivity contribution >= 4 is 10.8 Å². The van der Waals surface area contributed by atoms with E-state index < -0.39 is 5.41 Å². The third kappa shape index (κ3) is 4.49. The molecule has 0 saturated heterocycles. The quantitative estimate of drug-likeness (QED) is 0.174. The minimum atomic E-state index is -0.538. The van der Waals surface area contributed by atoms with E-state index in [4.69, 9.17) is 4.98 Å². The van der Waals surface area contributed by atoms with Gasteiger partial charge in [-0.2, -0.15) is 0 Å². The van der Waals surface area contributed by atoms with E-state index in [0.29, 0.717) is 0 Å². The lowest BCUT2D eigenvalue weighted by atomic mass is 9.60. The van der Waals surface area contributed by atoms with E-state index in [0.717, 1.165) is 39.6 Å². The number of para-hydroxylation sites is 1. The molecule has 13 rings (SSSR count). The molecule has 2 nitrogen and oxygen atoms in total. The molecule has 2 heteroatoms. The lowest BCUT2D eigenvalue weighted by Gasteiger charge is -2.41. The highest BCUT2D eigenvalue weighted by Crippen LogP contribution is 2.64. The Kier molecular flexibility index (Phi) is 7.03. The monoisotopic (exact) mass is 776 g/mol. The molecule has 1 spiro atoms. The second kappa shape index (κ2) is 12.5. The van der Waals surface area contributed by atoms with Gasteiger partial charge in [0.15, 0.2) is 0 Å². The zero-order chi connectivity index (χ0) is 40.5. The first-order valence-electron chi connectivity index (χ1n) is 21.4. The van der Waals surface area contributed by atoms with Crippen LogP contribution in [-0.4, -0.2) is 9.55 Å². The summed E-state index contributed by atoms with van der Waals surface area (Å²) >= 11 is 0. The Morgan fingerprint density at radius 2 is 0.885 bits per heavy atom. The Labute approximate surface area is 356 Å². The van der Waals surface area contributed by atoms with Crippen LogP contribution < -0.4 is 0 Å². The fourth-order valence-corrected chi connectivity index (χ4v) is 11.5. The lowest BCUT2D eigenvalue weighted by Crippen LogP contribution is -2.32. The Bertz CT molecular complexity index is 3380. The number of hydrogen-bond acceptors (Lipinski definition) is 1. The molecule has 9 aromatic carbocycles. The SMILES string of the molecule is CC1(C)c2ccccc2-c2cc3c(cc21)-c1ccc(-c2nc(-c4ccccc4)c(-c4ccccc4)n2-c2ccccc2)c2cccc(c12)C31c2ccccc2-c2ccccc21. The Morgan fingerprint density at radius 3 is 1.56 bits per heavy atom. The molecule has 0 atom stereocenters. The largest absolute Gasteiger partial charge is 0.292 e. The van der Waals surface area contributed by atoms with Crippen LogP contribution in [0.15, 0.2) is 206 Å². The molecule has 1 aromatic heterocycles. The van der Waals surface area contributed by atoms with Crippen molar-refractivity contribution in [2.75, 3.05) is 0 Å². The molecule has 0 radical (unpaired) electrons. The van der Waals surface area contributed by atoms with Crippen LogP contribution in [0, 0.1) is 0 Å². The fraction of sp³-hybridized carbons (Fsp3) is 0.0678. The van der Waals surface area contributed by atoms with E-state index in [2.05, 4.69) is 225 Å². The number of benzene rings is 9. The molecule has 3 aliphatic rings. The Hall–Kier alpha value is -7.55. The molecule has 0 unspecified atom stereocenters. The third-order valence-electron chi connectivity index (χ3n) is 14.0. The van der Waals surface area contributed by atoms with E-state index in [1.807, 2.05) is 0 Å². The molecule has 286 valence electrons. The first-order chi connectivity index (χ1) is 30.0. The first-order valence-corrected chi connectivity index (χ1v) is 21.4. The minimum Gasteiger partial charge on any atom is -0.292 e. The molecule has 0 saturated carbocycles.